The highest BCUT2D eigenvalue weighted by atomic mass is 32.2. The third kappa shape index (κ3) is 4.52. The van der Waals surface area contributed by atoms with Crippen molar-refractivity contribution in [3.05, 3.63) is 60.4 Å². The first-order valence-corrected chi connectivity index (χ1v) is 10.0. The molecule has 3 aromatic rings. The Morgan fingerprint density at radius 3 is 2.27 bits per heavy atom. The standard InChI is InChI=1S/C19H17F3N4O3S/c1-23-30(27,28)16-11-12(3-8-15(16)29-2)17-18(25-10-9-24-17)26-14-6-4-13(5-7-14)19(20,21)22/h3-11,23H,1-2H3,(H,25,26). The molecule has 11 heteroatoms. The van der Waals surface area contributed by atoms with E-state index in [4.69, 9.17) is 4.74 Å². The molecule has 0 unspecified atom stereocenters. The summed E-state index contributed by atoms with van der Waals surface area (Å²) in [5.41, 5.74) is 0.325. The van der Waals surface area contributed by atoms with Crippen molar-refractivity contribution in [2.75, 3.05) is 19.5 Å². The maximum absolute atomic E-state index is 12.7. The first kappa shape index (κ1) is 21.5. The van der Waals surface area contributed by atoms with Gasteiger partial charge in [-0.15, -0.1) is 0 Å². The minimum Gasteiger partial charge on any atom is -0.495 e. The molecule has 0 atom stereocenters. The van der Waals surface area contributed by atoms with E-state index in [0.717, 1.165) is 12.1 Å². The Morgan fingerprint density at radius 1 is 1.00 bits per heavy atom. The fraction of sp³-hybridized carbons (Fsp3) is 0.158. The van der Waals surface area contributed by atoms with E-state index in [-0.39, 0.29) is 16.5 Å². The van der Waals surface area contributed by atoms with Gasteiger partial charge in [-0.25, -0.2) is 18.1 Å². The number of hydrogen-bond acceptors (Lipinski definition) is 6. The van der Waals surface area contributed by atoms with E-state index in [2.05, 4.69) is 20.0 Å². The maximum Gasteiger partial charge on any atom is 0.416 e. The Kier molecular flexibility index (Phi) is 5.94. The van der Waals surface area contributed by atoms with E-state index in [0.29, 0.717) is 16.9 Å². The van der Waals surface area contributed by atoms with Crippen molar-refractivity contribution in [1.29, 1.82) is 0 Å². The topological polar surface area (TPSA) is 93.2 Å². The smallest absolute Gasteiger partial charge is 0.416 e. The lowest BCUT2D eigenvalue weighted by Crippen LogP contribution is -2.19. The lowest BCUT2D eigenvalue weighted by Gasteiger charge is -2.14. The van der Waals surface area contributed by atoms with Gasteiger partial charge in [-0.05, 0) is 49.5 Å². The molecule has 0 fully saturated rings. The van der Waals surface area contributed by atoms with Crippen LogP contribution in [-0.2, 0) is 16.2 Å². The lowest BCUT2D eigenvalue weighted by molar-refractivity contribution is -0.137. The van der Waals surface area contributed by atoms with Crippen LogP contribution in [0.15, 0.2) is 59.8 Å². The van der Waals surface area contributed by atoms with Crippen molar-refractivity contribution < 1.29 is 26.3 Å². The molecule has 2 aromatic carbocycles. The zero-order chi connectivity index (χ0) is 21.9. The fourth-order valence-electron chi connectivity index (χ4n) is 2.66. The van der Waals surface area contributed by atoms with Crippen LogP contribution in [0.3, 0.4) is 0 Å². The molecule has 0 aliphatic heterocycles. The van der Waals surface area contributed by atoms with Crippen LogP contribution in [0.4, 0.5) is 24.7 Å². The van der Waals surface area contributed by atoms with Crippen LogP contribution < -0.4 is 14.8 Å². The van der Waals surface area contributed by atoms with E-state index in [1.807, 2.05) is 0 Å². The van der Waals surface area contributed by atoms with Crippen LogP contribution in [0.2, 0.25) is 0 Å². The Morgan fingerprint density at radius 2 is 1.67 bits per heavy atom. The van der Waals surface area contributed by atoms with Crippen molar-refractivity contribution in [3.63, 3.8) is 0 Å². The quantitative estimate of drug-likeness (QED) is 0.608. The predicted molar refractivity (Wildman–Crippen MR) is 105 cm³/mol. The molecule has 0 amide bonds. The average molecular weight is 438 g/mol. The van der Waals surface area contributed by atoms with Gasteiger partial charge in [0.25, 0.3) is 0 Å². The highest BCUT2D eigenvalue weighted by molar-refractivity contribution is 7.89. The van der Waals surface area contributed by atoms with Gasteiger partial charge in [-0.1, -0.05) is 0 Å². The van der Waals surface area contributed by atoms with E-state index < -0.39 is 21.8 Å². The fourth-order valence-corrected chi connectivity index (χ4v) is 3.58. The van der Waals surface area contributed by atoms with Gasteiger partial charge >= 0.3 is 6.18 Å². The molecule has 158 valence electrons. The SMILES string of the molecule is CNS(=O)(=O)c1cc(-c2nccnc2Nc2ccc(C(F)(F)F)cc2)ccc1OC. The minimum atomic E-state index is -4.44. The second-order valence-electron chi connectivity index (χ2n) is 6.03. The van der Waals surface area contributed by atoms with Crippen LogP contribution in [0.25, 0.3) is 11.3 Å². The summed E-state index contributed by atoms with van der Waals surface area (Å²) in [6, 6.07) is 8.91. The zero-order valence-electron chi connectivity index (χ0n) is 15.9. The molecule has 0 aliphatic carbocycles. The highest BCUT2D eigenvalue weighted by Crippen LogP contribution is 2.33. The molecule has 2 N–H and O–H groups in total. The number of nitrogens with one attached hydrogen (secondary N) is 2. The molecule has 0 saturated heterocycles. The molecule has 0 radical (unpaired) electrons. The zero-order valence-corrected chi connectivity index (χ0v) is 16.7. The van der Waals surface area contributed by atoms with Crippen molar-refractivity contribution in [2.45, 2.75) is 11.1 Å². The van der Waals surface area contributed by atoms with Crippen LogP contribution in [-0.4, -0.2) is 32.5 Å². The Balaban J connectivity index is 2.01. The summed E-state index contributed by atoms with van der Waals surface area (Å²) in [4.78, 5) is 8.34. The molecule has 1 heterocycles. The number of anilines is 2. The molecule has 0 bridgehead atoms. The van der Waals surface area contributed by atoms with E-state index in [1.165, 1.54) is 50.8 Å². The van der Waals surface area contributed by atoms with Crippen LogP contribution in [0.1, 0.15) is 5.56 Å². The van der Waals surface area contributed by atoms with Crippen molar-refractivity contribution in [3.8, 4) is 17.0 Å². The number of methoxy groups -OCH3 is 1. The molecule has 30 heavy (non-hydrogen) atoms. The number of alkyl halides is 3. The van der Waals surface area contributed by atoms with E-state index >= 15 is 0 Å². The Labute approximate surface area is 171 Å². The average Bonchev–Trinajstić information content (AvgIpc) is 2.73. The number of nitrogens with zero attached hydrogens (tertiary/aromatic N) is 2. The molecular formula is C19H17F3N4O3S. The number of benzene rings is 2. The van der Waals surface area contributed by atoms with Crippen molar-refractivity contribution in [2.24, 2.45) is 0 Å². The summed E-state index contributed by atoms with van der Waals surface area (Å²) in [7, 11) is -1.18. The van der Waals surface area contributed by atoms with Crippen LogP contribution >= 0.6 is 0 Å². The molecule has 0 aliphatic rings. The molecule has 1 aromatic heterocycles. The normalized spacial score (nSPS) is 11.9. The Bertz CT molecular complexity index is 1150. The summed E-state index contributed by atoms with van der Waals surface area (Å²) < 4.78 is 70.2. The molecule has 3 rings (SSSR count). The van der Waals surface area contributed by atoms with Gasteiger partial charge in [0.1, 0.15) is 16.3 Å². The van der Waals surface area contributed by atoms with E-state index in [1.54, 1.807) is 6.07 Å². The van der Waals surface area contributed by atoms with Gasteiger partial charge in [0.15, 0.2) is 5.82 Å². The lowest BCUT2D eigenvalue weighted by atomic mass is 10.1. The van der Waals surface area contributed by atoms with Gasteiger partial charge in [-0.2, -0.15) is 13.2 Å². The monoisotopic (exact) mass is 438 g/mol. The summed E-state index contributed by atoms with van der Waals surface area (Å²) >= 11 is 0. The number of aromatic nitrogens is 2. The summed E-state index contributed by atoms with van der Waals surface area (Å²) in [5, 5.41) is 2.91. The highest BCUT2D eigenvalue weighted by Gasteiger charge is 2.30. The first-order chi connectivity index (χ1) is 14.2. The van der Waals surface area contributed by atoms with Gasteiger partial charge < -0.3 is 10.1 Å². The maximum atomic E-state index is 12.7. The summed E-state index contributed by atoms with van der Waals surface area (Å²) in [6.07, 6.45) is -1.61. The number of rotatable bonds is 6. The van der Waals surface area contributed by atoms with Crippen LogP contribution in [0.5, 0.6) is 5.75 Å². The largest absolute Gasteiger partial charge is 0.495 e. The summed E-state index contributed by atoms with van der Waals surface area (Å²) in [6.45, 7) is 0. The van der Waals surface area contributed by atoms with Gasteiger partial charge in [0, 0.05) is 23.6 Å². The Hall–Kier alpha value is -3.18. The van der Waals surface area contributed by atoms with Crippen molar-refractivity contribution >= 4 is 21.5 Å². The second kappa shape index (κ2) is 8.28. The number of halogens is 3. The van der Waals surface area contributed by atoms with Gasteiger partial charge in [0.2, 0.25) is 10.0 Å². The number of ether oxygens (including phenoxy) is 1. The second-order valence-corrected chi connectivity index (χ2v) is 7.88. The third-order valence-corrected chi connectivity index (χ3v) is 5.60. The summed E-state index contributed by atoms with van der Waals surface area (Å²) in [5.74, 6) is 0.393. The minimum absolute atomic E-state index is 0.0869. The van der Waals surface area contributed by atoms with Gasteiger partial charge in [-0.3, -0.25) is 4.98 Å². The van der Waals surface area contributed by atoms with E-state index in [9.17, 15) is 21.6 Å². The third-order valence-electron chi connectivity index (χ3n) is 4.17. The molecule has 7 nitrogen and oxygen atoms in total. The molecular weight excluding hydrogens is 421 g/mol. The van der Waals surface area contributed by atoms with Crippen LogP contribution in [0, 0.1) is 0 Å². The predicted octanol–water partition coefficient (Wildman–Crippen LogP) is 3.82. The van der Waals surface area contributed by atoms with Gasteiger partial charge in [0.05, 0.1) is 12.7 Å². The number of sulfonamides is 1. The molecule has 0 saturated carbocycles. The molecule has 0 spiro atoms. The number of hydrogen-bond donors (Lipinski definition) is 2. The first-order valence-electron chi connectivity index (χ1n) is 8.53. The van der Waals surface area contributed by atoms with Crippen molar-refractivity contribution in [1.82, 2.24) is 14.7 Å².